The summed E-state index contributed by atoms with van der Waals surface area (Å²) in [5.74, 6) is -0.190. The number of carbonyl (C=O) groups is 2. The summed E-state index contributed by atoms with van der Waals surface area (Å²) in [5, 5.41) is 5.42. The molecule has 0 fully saturated rings. The molecular formula is C20H23N3O2. The highest BCUT2D eigenvalue weighted by Crippen LogP contribution is 2.11. The van der Waals surface area contributed by atoms with Gasteiger partial charge in [0.25, 0.3) is 11.8 Å². The second-order valence-corrected chi connectivity index (χ2v) is 5.55. The molecule has 0 aliphatic rings. The SMILES string of the molecule is CNC(=O)c1ccc(/C=C/c2ccc(C(=O)NCCCN)cc2)cc1. The van der Waals surface area contributed by atoms with Gasteiger partial charge in [0.15, 0.2) is 0 Å². The van der Waals surface area contributed by atoms with Gasteiger partial charge < -0.3 is 16.4 Å². The number of benzene rings is 2. The van der Waals surface area contributed by atoms with Crippen LogP contribution in [0.5, 0.6) is 0 Å². The molecule has 0 aliphatic carbocycles. The van der Waals surface area contributed by atoms with E-state index < -0.39 is 0 Å². The van der Waals surface area contributed by atoms with Crippen molar-refractivity contribution in [2.75, 3.05) is 20.1 Å². The van der Waals surface area contributed by atoms with Crippen LogP contribution in [0.2, 0.25) is 0 Å². The Labute approximate surface area is 147 Å². The highest BCUT2D eigenvalue weighted by atomic mass is 16.2. The van der Waals surface area contributed by atoms with Gasteiger partial charge in [0, 0.05) is 24.7 Å². The van der Waals surface area contributed by atoms with Crippen molar-refractivity contribution < 1.29 is 9.59 Å². The summed E-state index contributed by atoms with van der Waals surface area (Å²) in [6.45, 7) is 1.15. The Morgan fingerprint density at radius 2 is 1.36 bits per heavy atom. The largest absolute Gasteiger partial charge is 0.355 e. The first kappa shape index (κ1) is 18.4. The number of amides is 2. The number of hydrogen-bond donors (Lipinski definition) is 3. The third-order valence-corrected chi connectivity index (χ3v) is 3.71. The Morgan fingerprint density at radius 1 is 0.880 bits per heavy atom. The molecule has 0 aromatic heterocycles. The van der Waals surface area contributed by atoms with E-state index in [0.29, 0.717) is 24.2 Å². The van der Waals surface area contributed by atoms with Crippen LogP contribution in [-0.2, 0) is 0 Å². The molecule has 2 aromatic rings. The maximum atomic E-state index is 11.9. The lowest BCUT2D eigenvalue weighted by atomic mass is 10.1. The van der Waals surface area contributed by atoms with E-state index >= 15 is 0 Å². The van der Waals surface area contributed by atoms with Crippen LogP contribution >= 0.6 is 0 Å². The molecular weight excluding hydrogens is 314 g/mol. The standard InChI is InChI=1S/C20H23N3O2/c1-22-19(24)17-9-5-15(6-10-17)3-4-16-7-11-18(12-8-16)20(25)23-14-2-13-21/h3-12H,2,13-14,21H2,1H3,(H,22,24)(H,23,25)/b4-3+. The van der Waals surface area contributed by atoms with E-state index in [1.165, 1.54) is 0 Å². The first-order valence-corrected chi connectivity index (χ1v) is 8.22. The lowest BCUT2D eigenvalue weighted by molar-refractivity contribution is 0.0949. The van der Waals surface area contributed by atoms with E-state index in [1.807, 2.05) is 36.4 Å². The lowest BCUT2D eigenvalue weighted by Gasteiger charge is -2.04. The van der Waals surface area contributed by atoms with Crippen LogP contribution in [0.4, 0.5) is 0 Å². The molecule has 0 saturated heterocycles. The van der Waals surface area contributed by atoms with Crippen molar-refractivity contribution in [2.45, 2.75) is 6.42 Å². The Kier molecular flexibility index (Phi) is 6.92. The van der Waals surface area contributed by atoms with Gasteiger partial charge in [0.05, 0.1) is 0 Å². The normalized spacial score (nSPS) is 10.6. The summed E-state index contributed by atoms with van der Waals surface area (Å²) >= 11 is 0. The maximum Gasteiger partial charge on any atom is 0.251 e. The van der Waals surface area contributed by atoms with Gasteiger partial charge in [0.2, 0.25) is 0 Å². The fourth-order valence-electron chi connectivity index (χ4n) is 2.23. The van der Waals surface area contributed by atoms with Gasteiger partial charge >= 0.3 is 0 Å². The number of carbonyl (C=O) groups excluding carboxylic acids is 2. The number of nitrogens with one attached hydrogen (secondary N) is 2. The van der Waals surface area contributed by atoms with Gasteiger partial charge in [-0.05, 0) is 48.4 Å². The first-order chi connectivity index (χ1) is 12.1. The van der Waals surface area contributed by atoms with Gasteiger partial charge in [-0.3, -0.25) is 9.59 Å². The van der Waals surface area contributed by atoms with Crippen molar-refractivity contribution in [3.8, 4) is 0 Å². The van der Waals surface area contributed by atoms with Crippen LogP contribution in [0, 0.1) is 0 Å². The average Bonchev–Trinajstić information content (AvgIpc) is 2.66. The molecule has 25 heavy (non-hydrogen) atoms. The molecule has 2 amide bonds. The Morgan fingerprint density at radius 3 is 1.80 bits per heavy atom. The van der Waals surface area contributed by atoms with Crippen LogP contribution in [-0.4, -0.2) is 32.0 Å². The summed E-state index contributed by atoms with van der Waals surface area (Å²) in [5.41, 5.74) is 8.65. The molecule has 0 unspecified atom stereocenters. The van der Waals surface area contributed by atoms with Crippen LogP contribution in [0.3, 0.4) is 0 Å². The Balaban J connectivity index is 1.97. The van der Waals surface area contributed by atoms with E-state index in [0.717, 1.165) is 17.5 Å². The predicted molar refractivity (Wildman–Crippen MR) is 101 cm³/mol. The molecule has 0 radical (unpaired) electrons. The fourth-order valence-corrected chi connectivity index (χ4v) is 2.23. The minimum absolute atomic E-state index is 0.0891. The van der Waals surface area contributed by atoms with Gasteiger partial charge in [-0.2, -0.15) is 0 Å². The lowest BCUT2D eigenvalue weighted by Crippen LogP contribution is -2.25. The zero-order valence-electron chi connectivity index (χ0n) is 14.3. The van der Waals surface area contributed by atoms with E-state index in [4.69, 9.17) is 5.73 Å². The molecule has 130 valence electrons. The van der Waals surface area contributed by atoms with E-state index in [-0.39, 0.29) is 11.8 Å². The zero-order valence-corrected chi connectivity index (χ0v) is 14.3. The van der Waals surface area contributed by atoms with Crippen molar-refractivity contribution in [3.05, 3.63) is 70.8 Å². The molecule has 0 aliphatic heterocycles. The van der Waals surface area contributed by atoms with Gasteiger partial charge in [-0.1, -0.05) is 36.4 Å². The van der Waals surface area contributed by atoms with Crippen molar-refractivity contribution in [2.24, 2.45) is 5.73 Å². The Bertz CT molecular complexity index is 735. The average molecular weight is 337 g/mol. The summed E-state index contributed by atoms with van der Waals surface area (Å²) in [6.07, 6.45) is 4.69. The molecule has 0 heterocycles. The molecule has 4 N–H and O–H groups in total. The highest BCUT2D eigenvalue weighted by Gasteiger charge is 2.04. The minimum Gasteiger partial charge on any atom is -0.355 e. The molecule has 2 rings (SSSR count). The summed E-state index contributed by atoms with van der Waals surface area (Å²) in [6, 6.07) is 14.7. The van der Waals surface area contributed by atoms with Gasteiger partial charge in [-0.15, -0.1) is 0 Å². The van der Waals surface area contributed by atoms with Crippen LogP contribution in [0.25, 0.3) is 12.2 Å². The van der Waals surface area contributed by atoms with Crippen molar-refractivity contribution in [1.29, 1.82) is 0 Å². The third kappa shape index (κ3) is 5.58. The van der Waals surface area contributed by atoms with E-state index in [2.05, 4.69) is 10.6 Å². The molecule has 2 aromatic carbocycles. The maximum absolute atomic E-state index is 11.9. The Hall–Kier alpha value is -2.92. The number of rotatable bonds is 7. The molecule has 0 spiro atoms. The molecule has 5 nitrogen and oxygen atoms in total. The number of hydrogen-bond acceptors (Lipinski definition) is 3. The van der Waals surface area contributed by atoms with Crippen molar-refractivity contribution >= 4 is 24.0 Å². The predicted octanol–water partition coefficient (Wildman–Crippen LogP) is 2.30. The molecule has 5 heteroatoms. The number of nitrogens with two attached hydrogens (primary N) is 1. The second kappa shape index (κ2) is 9.39. The van der Waals surface area contributed by atoms with Crippen molar-refractivity contribution in [1.82, 2.24) is 10.6 Å². The van der Waals surface area contributed by atoms with Gasteiger partial charge in [-0.25, -0.2) is 0 Å². The minimum atomic E-state index is -0.101. The smallest absolute Gasteiger partial charge is 0.251 e. The first-order valence-electron chi connectivity index (χ1n) is 8.22. The van der Waals surface area contributed by atoms with Crippen molar-refractivity contribution in [3.63, 3.8) is 0 Å². The fraction of sp³-hybridized carbons (Fsp3) is 0.200. The topological polar surface area (TPSA) is 84.2 Å². The summed E-state index contributed by atoms with van der Waals surface area (Å²) in [7, 11) is 1.61. The zero-order chi connectivity index (χ0) is 18.1. The van der Waals surface area contributed by atoms with Gasteiger partial charge in [0.1, 0.15) is 0 Å². The monoisotopic (exact) mass is 337 g/mol. The van der Waals surface area contributed by atoms with E-state index in [1.54, 1.807) is 31.3 Å². The summed E-state index contributed by atoms with van der Waals surface area (Å²) < 4.78 is 0. The molecule has 0 atom stereocenters. The highest BCUT2D eigenvalue weighted by molar-refractivity contribution is 5.95. The second-order valence-electron chi connectivity index (χ2n) is 5.55. The summed E-state index contributed by atoms with van der Waals surface area (Å²) in [4.78, 5) is 23.4. The molecule has 0 saturated carbocycles. The van der Waals surface area contributed by atoms with Crippen LogP contribution in [0.1, 0.15) is 38.3 Å². The quantitative estimate of drug-likeness (QED) is 0.535. The molecule has 0 bridgehead atoms. The van der Waals surface area contributed by atoms with Crippen LogP contribution in [0.15, 0.2) is 48.5 Å². The van der Waals surface area contributed by atoms with E-state index in [9.17, 15) is 9.59 Å². The third-order valence-electron chi connectivity index (χ3n) is 3.71. The van der Waals surface area contributed by atoms with Crippen LogP contribution < -0.4 is 16.4 Å².